The highest BCUT2D eigenvalue weighted by molar-refractivity contribution is 7.98. The lowest BCUT2D eigenvalue weighted by molar-refractivity contribution is 0.580. The standard InChI is InChI=1S/C9H15N3O2S2/c1-15-5-4-12-16(13,14)9-3-2-8(6-10)7-11-9/h2-3,7,12H,4-6,10H2,1H3. The molecule has 0 bridgehead atoms. The maximum atomic E-state index is 11.7. The second-order valence-corrected chi connectivity index (χ2v) is 5.80. The van der Waals surface area contributed by atoms with E-state index in [1.165, 1.54) is 12.3 Å². The summed E-state index contributed by atoms with van der Waals surface area (Å²) in [4.78, 5) is 3.86. The van der Waals surface area contributed by atoms with Gasteiger partial charge in [0.05, 0.1) is 0 Å². The molecule has 0 radical (unpaired) electrons. The minimum Gasteiger partial charge on any atom is -0.326 e. The van der Waals surface area contributed by atoms with Crippen molar-refractivity contribution in [1.82, 2.24) is 9.71 Å². The normalized spacial score (nSPS) is 11.6. The molecule has 1 heterocycles. The van der Waals surface area contributed by atoms with Crippen molar-refractivity contribution in [3.8, 4) is 0 Å². The number of sulfonamides is 1. The van der Waals surface area contributed by atoms with E-state index in [1.54, 1.807) is 17.8 Å². The van der Waals surface area contributed by atoms with E-state index >= 15 is 0 Å². The second kappa shape index (κ2) is 6.19. The third kappa shape index (κ3) is 3.75. The van der Waals surface area contributed by atoms with Gasteiger partial charge < -0.3 is 5.73 Å². The first kappa shape index (κ1) is 13.4. The molecule has 1 aromatic heterocycles. The van der Waals surface area contributed by atoms with Crippen LogP contribution in [-0.2, 0) is 16.6 Å². The van der Waals surface area contributed by atoms with Crippen molar-refractivity contribution in [2.45, 2.75) is 11.6 Å². The molecule has 7 heteroatoms. The molecular weight excluding hydrogens is 246 g/mol. The summed E-state index contributed by atoms with van der Waals surface area (Å²) in [6, 6.07) is 3.12. The number of pyridine rings is 1. The van der Waals surface area contributed by atoms with Crippen molar-refractivity contribution in [1.29, 1.82) is 0 Å². The Hall–Kier alpha value is -0.630. The maximum absolute atomic E-state index is 11.7. The fraction of sp³-hybridized carbons (Fsp3) is 0.444. The van der Waals surface area contributed by atoms with E-state index in [0.717, 1.165) is 11.3 Å². The predicted octanol–water partition coefficient (Wildman–Crippen LogP) is 0.182. The number of nitrogens with zero attached hydrogens (tertiary/aromatic N) is 1. The summed E-state index contributed by atoms with van der Waals surface area (Å²) in [6.45, 7) is 0.761. The van der Waals surface area contributed by atoms with Crippen molar-refractivity contribution < 1.29 is 8.42 Å². The Kier molecular flexibility index (Phi) is 5.20. The summed E-state index contributed by atoms with van der Waals surface area (Å²) in [5.41, 5.74) is 6.21. The van der Waals surface area contributed by atoms with Crippen LogP contribution in [0.1, 0.15) is 5.56 Å². The van der Waals surface area contributed by atoms with Crippen LogP contribution in [0.5, 0.6) is 0 Å². The molecule has 0 saturated carbocycles. The van der Waals surface area contributed by atoms with Crippen molar-refractivity contribution in [3.05, 3.63) is 23.9 Å². The van der Waals surface area contributed by atoms with Crippen LogP contribution < -0.4 is 10.5 Å². The molecule has 0 aliphatic rings. The van der Waals surface area contributed by atoms with Gasteiger partial charge in [-0.3, -0.25) is 0 Å². The van der Waals surface area contributed by atoms with Crippen LogP contribution in [0.2, 0.25) is 0 Å². The minimum absolute atomic E-state index is 0.0332. The number of rotatable bonds is 6. The van der Waals surface area contributed by atoms with Crippen LogP contribution >= 0.6 is 11.8 Å². The number of thioether (sulfide) groups is 1. The molecule has 16 heavy (non-hydrogen) atoms. The number of nitrogens with two attached hydrogens (primary N) is 1. The Labute approximate surface area is 99.9 Å². The molecule has 0 unspecified atom stereocenters. The van der Waals surface area contributed by atoms with Gasteiger partial charge in [-0.25, -0.2) is 18.1 Å². The summed E-state index contributed by atoms with van der Waals surface area (Å²) in [5.74, 6) is 0.736. The van der Waals surface area contributed by atoms with E-state index in [1.807, 2.05) is 6.26 Å². The van der Waals surface area contributed by atoms with Gasteiger partial charge in [0.15, 0.2) is 5.03 Å². The fourth-order valence-corrected chi connectivity index (χ4v) is 2.44. The quantitative estimate of drug-likeness (QED) is 0.714. The topological polar surface area (TPSA) is 85.1 Å². The predicted molar refractivity (Wildman–Crippen MR) is 65.7 cm³/mol. The lowest BCUT2D eigenvalue weighted by atomic mass is 10.3. The summed E-state index contributed by atoms with van der Waals surface area (Å²) >= 11 is 1.58. The van der Waals surface area contributed by atoms with E-state index in [2.05, 4.69) is 9.71 Å². The van der Waals surface area contributed by atoms with Crippen molar-refractivity contribution >= 4 is 21.8 Å². The van der Waals surface area contributed by atoms with E-state index in [4.69, 9.17) is 5.73 Å². The van der Waals surface area contributed by atoms with E-state index in [0.29, 0.717) is 13.1 Å². The first-order valence-corrected chi connectivity index (χ1v) is 7.61. The molecule has 0 saturated heterocycles. The Balaban J connectivity index is 2.74. The zero-order valence-corrected chi connectivity index (χ0v) is 10.6. The van der Waals surface area contributed by atoms with Gasteiger partial charge in [0.1, 0.15) is 0 Å². The number of hydrogen-bond donors (Lipinski definition) is 2. The molecule has 0 aliphatic carbocycles. The number of hydrogen-bond acceptors (Lipinski definition) is 5. The van der Waals surface area contributed by atoms with Gasteiger partial charge in [0, 0.05) is 25.0 Å². The second-order valence-electron chi connectivity index (χ2n) is 3.10. The monoisotopic (exact) mass is 261 g/mol. The van der Waals surface area contributed by atoms with Gasteiger partial charge in [-0.05, 0) is 17.9 Å². The van der Waals surface area contributed by atoms with Gasteiger partial charge >= 0.3 is 0 Å². The van der Waals surface area contributed by atoms with Gasteiger partial charge in [-0.2, -0.15) is 11.8 Å². The molecule has 90 valence electrons. The highest BCUT2D eigenvalue weighted by atomic mass is 32.2. The number of aromatic nitrogens is 1. The zero-order valence-electron chi connectivity index (χ0n) is 9.01. The molecule has 0 aromatic carbocycles. The molecule has 0 fully saturated rings. The van der Waals surface area contributed by atoms with Gasteiger partial charge in [0.2, 0.25) is 0 Å². The molecule has 3 N–H and O–H groups in total. The largest absolute Gasteiger partial charge is 0.326 e. The van der Waals surface area contributed by atoms with E-state index < -0.39 is 10.0 Å². The molecule has 0 spiro atoms. The Morgan fingerprint density at radius 2 is 2.25 bits per heavy atom. The van der Waals surface area contributed by atoms with Crippen LogP contribution in [0.25, 0.3) is 0 Å². The summed E-state index contributed by atoms with van der Waals surface area (Å²) < 4.78 is 25.9. The van der Waals surface area contributed by atoms with Crippen LogP contribution in [0.3, 0.4) is 0 Å². The van der Waals surface area contributed by atoms with Gasteiger partial charge in [0.25, 0.3) is 10.0 Å². The summed E-state index contributed by atoms with van der Waals surface area (Å²) in [6.07, 6.45) is 3.39. The minimum atomic E-state index is -3.47. The van der Waals surface area contributed by atoms with Crippen LogP contribution in [0, 0.1) is 0 Å². The molecule has 1 aromatic rings. The fourth-order valence-electron chi connectivity index (χ4n) is 1.04. The molecule has 0 atom stereocenters. The van der Waals surface area contributed by atoms with Crippen LogP contribution in [0.4, 0.5) is 0 Å². The Bertz CT molecular complexity index is 417. The average Bonchev–Trinajstić information content (AvgIpc) is 2.29. The average molecular weight is 261 g/mol. The Morgan fingerprint density at radius 1 is 1.50 bits per heavy atom. The summed E-state index contributed by atoms with van der Waals surface area (Å²) in [5, 5.41) is 0.0332. The van der Waals surface area contributed by atoms with Crippen LogP contribution in [-0.4, -0.2) is 32.0 Å². The number of nitrogens with one attached hydrogen (secondary N) is 1. The first-order valence-electron chi connectivity index (χ1n) is 4.74. The summed E-state index contributed by atoms with van der Waals surface area (Å²) in [7, 11) is -3.47. The van der Waals surface area contributed by atoms with Crippen molar-refractivity contribution in [3.63, 3.8) is 0 Å². The third-order valence-corrected chi connectivity index (χ3v) is 3.90. The smallest absolute Gasteiger partial charge is 0.258 e. The van der Waals surface area contributed by atoms with Crippen molar-refractivity contribution in [2.75, 3.05) is 18.6 Å². The highest BCUT2D eigenvalue weighted by Crippen LogP contribution is 2.06. The molecule has 0 aliphatic heterocycles. The Morgan fingerprint density at radius 3 is 2.75 bits per heavy atom. The first-order chi connectivity index (χ1) is 7.60. The molecule has 1 rings (SSSR count). The lowest BCUT2D eigenvalue weighted by Crippen LogP contribution is -2.26. The highest BCUT2D eigenvalue weighted by Gasteiger charge is 2.14. The lowest BCUT2D eigenvalue weighted by Gasteiger charge is -2.05. The van der Waals surface area contributed by atoms with Gasteiger partial charge in [-0.15, -0.1) is 0 Å². The molecular formula is C9H15N3O2S2. The molecule has 0 amide bonds. The van der Waals surface area contributed by atoms with Gasteiger partial charge in [-0.1, -0.05) is 6.07 Å². The third-order valence-electron chi connectivity index (χ3n) is 1.91. The van der Waals surface area contributed by atoms with Crippen molar-refractivity contribution in [2.24, 2.45) is 5.73 Å². The SMILES string of the molecule is CSCCNS(=O)(=O)c1ccc(CN)cn1. The van der Waals surface area contributed by atoms with E-state index in [9.17, 15) is 8.42 Å². The maximum Gasteiger partial charge on any atom is 0.258 e. The zero-order chi connectivity index (χ0) is 12.0. The van der Waals surface area contributed by atoms with Crippen LogP contribution in [0.15, 0.2) is 23.4 Å². The molecule has 5 nitrogen and oxygen atoms in total. The van der Waals surface area contributed by atoms with E-state index in [-0.39, 0.29) is 5.03 Å².